The quantitative estimate of drug-likeness (QED) is 0.203. The lowest BCUT2D eigenvalue weighted by Gasteiger charge is -2.12. The van der Waals surface area contributed by atoms with Gasteiger partial charge in [-0.25, -0.2) is 4.98 Å². The third-order valence-electron chi connectivity index (χ3n) is 9.38. The van der Waals surface area contributed by atoms with Gasteiger partial charge in [-0.1, -0.05) is 133 Å². The van der Waals surface area contributed by atoms with Gasteiger partial charge in [-0.05, 0) is 67.4 Å². The second kappa shape index (κ2) is 10.1. The Morgan fingerprint density at radius 1 is 0.340 bits per heavy atom. The Hall–Kier alpha value is -6.39. The molecule has 0 aliphatic rings. The molecule has 4 nitrogen and oxygen atoms in total. The molecule has 0 N–H and O–H groups in total. The minimum Gasteiger partial charge on any atom is -0.278 e. The van der Waals surface area contributed by atoms with Crippen molar-refractivity contribution >= 4 is 64.9 Å². The summed E-state index contributed by atoms with van der Waals surface area (Å²) in [7, 11) is 0. The van der Waals surface area contributed by atoms with Crippen molar-refractivity contribution in [1.82, 2.24) is 19.5 Å². The Kier molecular flexibility index (Phi) is 5.54. The molecule has 0 amide bonds. The summed E-state index contributed by atoms with van der Waals surface area (Å²) >= 11 is 0. The van der Waals surface area contributed by atoms with Crippen LogP contribution in [0.2, 0.25) is 0 Å². The summed E-state index contributed by atoms with van der Waals surface area (Å²) < 4.78 is 2.22. The summed E-state index contributed by atoms with van der Waals surface area (Å²) in [4.78, 5) is 15.6. The molecule has 10 rings (SSSR count). The van der Waals surface area contributed by atoms with Crippen LogP contribution in [0.25, 0.3) is 93.6 Å². The van der Waals surface area contributed by atoms with Gasteiger partial charge in [-0.2, -0.15) is 9.97 Å². The molecular formula is C43H26N4. The SMILES string of the molecule is c1ccc2cc(-c3nc(-c4ccc5ccccc5c4)nc(-n4c5ccc6ccccc6c5c5c6ccccc6ccc54)n3)ccc2c1. The Bertz CT molecular complexity index is 2670. The van der Waals surface area contributed by atoms with Crippen LogP contribution in [0.15, 0.2) is 158 Å². The number of rotatable bonds is 3. The number of hydrogen-bond donors (Lipinski definition) is 0. The Morgan fingerprint density at radius 2 is 0.745 bits per heavy atom. The van der Waals surface area contributed by atoms with E-state index in [9.17, 15) is 0 Å². The zero-order chi connectivity index (χ0) is 30.9. The maximum atomic E-state index is 5.24. The zero-order valence-electron chi connectivity index (χ0n) is 25.3. The molecule has 0 fully saturated rings. The number of fused-ring (bicyclic) bond motifs is 9. The average Bonchev–Trinajstić information content (AvgIpc) is 3.50. The predicted molar refractivity (Wildman–Crippen MR) is 195 cm³/mol. The van der Waals surface area contributed by atoms with Gasteiger partial charge in [0.1, 0.15) is 0 Å². The van der Waals surface area contributed by atoms with Gasteiger partial charge < -0.3 is 0 Å². The van der Waals surface area contributed by atoms with Gasteiger partial charge in [-0.3, -0.25) is 4.57 Å². The first-order valence-corrected chi connectivity index (χ1v) is 15.9. The summed E-state index contributed by atoms with van der Waals surface area (Å²) in [5.41, 5.74) is 4.03. The van der Waals surface area contributed by atoms with Crippen molar-refractivity contribution in [2.75, 3.05) is 0 Å². The van der Waals surface area contributed by atoms with Gasteiger partial charge in [0.15, 0.2) is 11.6 Å². The van der Waals surface area contributed by atoms with E-state index in [0.29, 0.717) is 17.6 Å². The van der Waals surface area contributed by atoms with E-state index in [1.807, 2.05) is 0 Å². The fraction of sp³-hybridized carbons (Fsp3) is 0. The molecule has 0 radical (unpaired) electrons. The lowest BCUT2D eigenvalue weighted by atomic mass is 10.00. The number of hydrogen-bond acceptors (Lipinski definition) is 3. The molecule has 4 heteroatoms. The highest BCUT2D eigenvalue weighted by Crippen LogP contribution is 2.40. The molecule has 8 aromatic carbocycles. The number of aromatic nitrogens is 4. The van der Waals surface area contributed by atoms with Crippen molar-refractivity contribution in [3.63, 3.8) is 0 Å². The van der Waals surface area contributed by atoms with Crippen LogP contribution in [0.4, 0.5) is 0 Å². The Balaban J connectivity index is 1.32. The Labute approximate surface area is 270 Å². The van der Waals surface area contributed by atoms with E-state index in [-0.39, 0.29) is 0 Å². The van der Waals surface area contributed by atoms with Crippen LogP contribution in [0.5, 0.6) is 0 Å². The van der Waals surface area contributed by atoms with E-state index < -0.39 is 0 Å². The zero-order valence-corrected chi connectivity index (χ0v) is 25.3. The van der Waals surface area contributed by atoms with Crippen molar-refractivity contribution < 1.29 is 0 Å². The summed E-state index contributed by atoms with van der Waals surface area (Å²) in [6.45, 7) is 0. The van der Waals surface area contributed by atoms with Crippen molar-refractivity contribution in [2.24, 2.45) is 0 Å². The van der Waals surface area contributed by atoms with E-state index in [2.05, 4.69) is 162 Å². The minimum absolute atomic E-state index is 0.594. The molecule has 2 heterocycles. The first-order valence-electron chi connectivity index (χ1n) is 15.9. The number of nitrogens with zero attached hydrogens (tertiary/aromatic N) is 4. The van der Waals surface area contributed by atoms with E-state index in [4.69, 9.17) is 15.0 Å². The standard InChI is InChI=1S/C43H26N4/c1-3-13-31-25-33(19-17-27(31)9-1)41-44-42(34-20-18-28-10-2-4-14-32(28)26-34)46-43(45-41)47-37-23-21-29-11-5-7-15-35(29)39(37)40-36-16-8-6-12-30(36)22-24-38(40)47/h1-26H. The smallest absolute Gasteiger partial charge is 0.238 e. The van der Waals surface area contributed by atoms with Crippen molar-refractivity contribution in [3.05, 3.63) is 158 Å². The second-order valence-corrected chi connectivity index (χ2v) is 12.1. The third kappa shape index (κ3) is 4.05. The van der Waals surface area contributed by atoms with Crippen LogP contribution in [0.3, 0.4) is 0 Å². The average molecular weight is 599 g/mol. The molecule has 10 aromatic rings. The normalized spacial score (nSPS) is 11.8. The monoisotopic (exact) mass is 598 g/mol. The predicted octanol–water partition coefficient (Wildman–Crippen LogP) is 10.9. The van der Waals surface area contributed by atoms with Gasteiger partial charge >= 0.3 is 0 Å². The molecule has 0 aliphatic heterocycles. The maximum Gasteiger partial charge on any atom is 0.238 e. The van der Waals surface area contributed by atoms with E-state index in [0.717, 1.165) is 32.9 Å². The van der Waals surface area contributed by atoms with Gasteiger partial charge in [0.05, 0.1) is 11.0 Å². The van der Waals surface area contributed by atoms with Crippen LogP contribution in [0.1, 0.15) is 0 Å². The van der Waals surface area contributed by atoms with Crippen molar-refractivity contribution in [2.45, 2.75) is 0 Å². The van der Waals surface area contributed by atoms with E-state index in [1.54, 1.807) is 0 Å². The van der Waals surface area contributed by atoms with Crippen molar-refractivity contribution in [3.8, 4) is 28.7 Å². The van der Waals surface area contributed by atoms with E-state index in [1.165, 1.54) is 43.1 Å². The van der Waals surface area contributed by atoms with Crippen LogP contribution in [-0.2, 0) is 0 Å². The molecule has 0 bridgehead atoms. The molecule has 0 spiro atoms. The summed E-state index contributed by atoms with van der Waals surface area (Å²) in [5, 5.41) is 11.9. The van der Waals surface area contributed by atoms with Gasteiger partial charge in [-0.15, -0.1) is 0 Å². The molecule has 2 aromatic heterocycles. The first-order chi connectivity index (χ1) is 23.3. The largest absolute Gasteiger partial charge is 0.278 e. The fourth-order valence-electron chi connectivity index (χ4n) is 7.14. The molecule has 0 unspecified atom stereocenters. The lowest BCUT2D eigenvalue weighted by Crippen LogP contribution is -2.06. The molecule has 0 aliphatic carbocycles. The second-order valence-electron chi connectivity index (χ2n) is 12.1. The molecular weight excluding hydrogens is 573 g/mol. The molecule has 0 saturated heterocycles. The highest BCUT2D eigenvalue weighted by molar-refractivity contribution is 6.28. The maximum absolute atomic E-state index is 5.24. The highest BCUT2D eigenvalue weighted by atomic mass is 15.2. The molecule has 47 heavy (non-hydrogen) atoms. The Morgan fingerprint density at radius 3 is 1.23 bits per heavy atom. The van der Waals surface area contributed by atoms with Gasteiger partial charge in [0, 0.05) is 21.9 Å². The molecule has 218 valence electrons. The van der Waals surface area contributed by atoms with E-state index >= 15 is 0 Å². The summed E-state index contributed by atoms with van der Waals surface area (Å²) in [6.07, 6.45) is 0. The van der Waals surface area contributed by atoms with Crippen LogP contribution < -0.4 is 0 Å². The molecule has 0 atom stereocenters. The first kappa shape index (κ1) is 25.9. The number of benzene rings is 8. The highest BCUT2D eigenvalue weighted by Gasteiger charge is 2.21. The molecule has 0 saturated carbocycles. The summed E-state index contributed by atoms with van der Waals surface area (Å²) in [6, 6.07) is 55.7. The summed E-state index contributed by atoms with van der Waals surface area (Å²) in [5.74, 6) is 1.87. The third-order valence-corrected chi connectivity index (χ3v) is 9.38. The van der Waals surface area contributed by atoms with Gasteiger partial charge in [0.2, 0.25) is 5.95 Å². The van der Waals surface area contributed by atoms with Crippen molar-refractivity contribution in [1.29, 1.82) is 0 Å². The van der Waals surface area contributed by atoms with Crippen LogP contribution in [-0.4, -0.2) is 19.5 Å². The lowest BCUT2D eigenvalue weighted by molar-refractivity contribution is 0.954. The topological polar surface area (TPSA) is 43.6 Å². The van der Waals surface area contributed by atoms with Gasteiger partial charge in [0.25, 0.3) is 0 Å². The van der Waals surface area contributed by atoms with Crippen LogP contribution >= 0.6 is 0 Å². The van der Waals surface area contributed by atoms with Crippen LogP contribution in [0, 0.1) is 0 Å². The fourth-order valence-corrected chi connectivity index (χ4v) is 7.14. The minimum atomic E-state index is 0.594.